The zero-order chi connectivity index (χ0) is 21.3. The smallest absolute Gasteiger partial charge is 0.319 e. The van der Waals surface area contributed by atoms with Gasteiger partial charge in [-0.3, -0.25) is 9.98 Å². The highest BCUT2D eigenvalue weighted by atomic mass is 16.2. The highest BCUT2D eigenvalue weighted by Crippen LogP contribution is 2.25. The largest absolute Gasteiger partial charge is 0.338 e. The van der Waals surface area contributed by atoms with E-state index in [1.807, 2.05) is 62.4 Å². The van der Waals surface area contributed by atoms with Crippen LogP contribution in [0.3, 0.4) is 0 Å². The number of pyridine rings is 1. The first kappa shape index (κ1) is 20.7. The van der Waals surface area contributed by atoms with E-state index in [4.69, 9.17) is 0 Å². The van der Waals surface area contributed by atoms with Gasteiger partial charge >= 0.3 is 6.03 Å². The van der Waals surface area contributed by atoms with E-state index in [1.54, 1.807) is 18.6 Å². The number of anilines is 1. The summed E-state index contributed by atoms with van der Waals surface area (Å²) in [6.07, 6.45) is 8.93. The van der Waals surface area contributed by atoms with Gasteiger partial charge in [-0.05, 0) is 43.8 Å². The van der Waals surface area contributed by atoms with Crippen molar-refractivity contribution in [2.75, 3.05) is 11.9 Å². The van der Waals surface area contributed by atoms with Crippen molar-refractivity contribution < 1.29 is 4.79 Å². The Bertz CT molecular complexity index is 1080. The molecule has 7 heteroatoms. The van der Waals surface area contributed by atoms with Crippen molar-refractivity contribution in [1.29, 1.82) is 0 Å². The van der Waals surface area contributed by atoms with Crippen LogP contribution in [0.15, 0.2) is 72.1 Å². The summed E-state index contributed by atoms with van der Waals surface area (Å²) in [5, 5.41) is 5.46. The predicted octanol–water partition coefficient (Wildman–Crippen LogP) is 4.76. The maximum absolute atomic E-state index is 11.8. The molecule has 0 atom stereocenters. The first-order chi connectivity index (χ1) is 14.6. The average Bonchev–Trinajstić information content (AvgIpc) is 3.26. The summed E-state index contributed by atoms with van der Waals surface area (Å²) >= 11 is 0. The van der Waals surface area contributed by atoms with Gasteiger partial charge in [-0.25, -0.2) is 9.78 Å². The van der Waals surface area contributed by atoms with E-state index in [0.717, 1.165) is 22.4 Å². The molecule has 2 heterocycles. The van der Waals surface area contributed by atoms with Gasteiger partial charge < -0.3 is 15.6 Å². The molecule has 0 spiro atoms. The number of amides is 2. The number of carbonyl (C=O) groups excluding carboxylic acids is 1. The average molecular weight is 400 g/mol. The lowest BCUT2D eigenvalue weighted by atomic mass is 10.1. The number of nitrogens with zero attached hydrogens (tertiary/aromatic N) is 3. The van der Waals surface area contributed by atoms with Gasteiger partial charge in [0.05, 0.1) is 23.8 Å². The van der Waals surface area contributed by atoms with E-state index in [9.17, 15) is 4.79 Å². The molecule has 3 rings (SSSR count). The molecule has 0 bridgehead atoms. The van der Waals surface area contributed by atoms with Gasteiger partial charge in [0, 0.05) is 18.3 Å². The lowest BCUT2D eigenvalue weighted by Crippen LogP contribution is -2.28. The van der Waals surface area contributed by atoms with E-state index in [0.29, 0.717) is 23.8 Å². The van der Waals surface area contributed by atoms with E-state index in [2.05, 4.69) is 37.3 Å². The molecule has 3 N–H and O–H groups in total. The van der Waals surface area contributed by atoms with E-state index in [-0.39, 0.29) is 6.03 Å². The molecule has 0 aliphatic rings. The number of hydrogen-bond donors (Lipinski definition) is 3. The molecule has 0 radical (unpaired) electrons. The van der Waals surface area contributed by atoms with E-state index < -0.39 is 0 Å². The summed E-state index contributed by atoms with van der Waals surface area (Å²) in [6.45, 7) is 8.02. The molecule has 1 aromatic carbocycles. The molecule has 7 nitrogen and oxygen atoms in total. The van der Waals surface area contributed by atoms with Crippen LogP contribution in [-0.4, -0.2) is 34.2 Å². The topological polar surface area (TPSA) is 95.1 Å². The second-order valence-electron chi connectivity index (χ2n) is 6.39. The summed E-state index contributed by atoms with van der Waals surface area (Å²) in [5.41, 5.74) is 4.86. The quantitative estimate of drug-likeness (QED) is 0.394. The number of aromatic nitrogens is 3. The number of benzene rings is 1. The van der Waals surface area contributed by atoms with Crippen molar-refractivity contribution >= 4 is 29.7 Å². The maximum Gasteiger partial charge on any atom is 0.319 e. The van der Waals surface area contributed by atoms with Crippen LogP contribution < -0.4 is 10.6 Å². The van der Waals surface area contributed by atoms with Gasteiger partial charge in [0.15, 0.2) is 5.82 Å². The van der Waals surface area contributed by atoms with Crippen molar-refractivity contribution in [3.05, 3.63) is 78.5 Å². The lowest BCUT2D eigenvalue weighted by molar-refractivity contribution is 0.252. The Hall–Kier alpha value is -4.00. The number of aliphatic imine (C=N–C) groups is 1. The summed E-state index contributed by atoms with van der Waals surface area (Å²) in [7, 11) is 0. The van der Waals surface area contributed by atoms with Crippen LogP contribution >= 0.6 is 0 Å². The Balaban J connectivity index is 1.87. The van der Waals surface area contributed by atoms with Crippen LogP contribution in [0.2, 0.25) is 0 Å². The Kier molecular flexibility index (Phi) is 6.89. The SMILES string of the molecule is C=N/C(=C\C(=C/C)c1cncc(NC(=O)NCC)c1)c1ncc(-c2ccccc2)[nH]1. The molecule has 0 unspecified atom stereocenters. The summed E-state index contributed by atoms with van der Waals surface area (Å²) in [5.74, 6) is 0.618. The Morgan fingerprint density at radius 1 is 1.23 bits per heavy atom. The monoisotopic (exact) mass is 400 g/mol. The molecule has 2 aromatic heterocycles. The molecular weight excluding hydrogens is 376 g/mol. The number of carbonyl (C=O) groups is 1. The van der Waals surface area contributed by atoms with E-state index in [1.165, 1.54) is 0 Å². The number of hydrogen-bond acceptors (Lipinski definition) is 4. The fourth-order valence-corrected chi connectivity index (χ4v) is 2.89. The molecular formula is C23H24N6O. The number of allylic oxidation sites excluding steroid dienone is 3. The second kappa shape index (κ2) is 9.97. The maximum atomic E-state index is 11.8. The van der Waals surface area contributed by atoms with Crippen LogP contribution in [0.5, 0.6) is 0 Å². The van der Waals surface area contributed by atoms with Crippen LogP contribution in [0, 0.1) is 0 Å². The predicted molar refractivity (Wildman–Crippen MR) is 122 cm³/mol. The summed E-state index contributed by atoms with van der Waals surface area (Å²) < 4.78 is 0. The normalized spacial score (nSPS) is 11.8. The van der Waals surface area contributed by atoms with Crippen LogP contribution in [-0.2, 0) is 0 Å². The third kappa shape index (κ3) is 5.08. The highest BCUT2D eigenvalue weighted by Gasteiger charge is 2.09. The Morgan fingerprint density at radius 3 is 2.73 bits per heavy atom. The van der Waals surface area contributed by atoms with Crippen molar-refractivity contribution in [1.82, 2.24) is 20.3 Å². The van der Waals surface area contributed by atoms with E-state index >= 15 is 0 Å². The summed E-state index contributed by atoms with van der Waals surface area (Å²) in [6, 6.07) is 11.5. The first-order valence-corrected chi connectivity index (χ1v) is 9.60. The Labute approximate surface area is 175 Å². The molecule has 0 aliphatic carbocycles. The molecule has 0 saturated heterocycles. The minimum atomic E-state index is -0.272. The van der Waals surface area contributed by atoms with Crippen LogP contribution in [0.4, 0.5) is 10.5 Å². The third-order valence-electron chi connectivity index (χ3n) is 4.34. The van der Waals surface area contributed by atoms with Crippen molar-refractivity contribution in [2.24, 2.45) is 4.99 Å². The Morgan fingerprint density at radius 2 is 2.03 bits per heavy atom. The van der Waals surface area contributed by atoms with Gasteiger partial charge in [-0.1, -0.05) is 36.4 Å². The standard InChI is InChI=1S/C23H24N6O/c1-4-16(18-11-19(14-25-13-18)28-23(30)26-5-2)12-20(24-3)22-27-15-21(29-22)17-9-7-6-8-10-17/h4,6-15H,3,5H2,1-2H3,(H,27,29)(H2,26,28,30)/b16-4+,20-12-. The third-order valence-corrected chi connectivity index (χ3v) is 4.34. The molecule has 0 saturated carbocycles. The molecule has 0 fully saturated rings. The van der Waals surface area contributed by atoms with Gasteiger partial charge in [-0.2, -0.15) is 0 Å². The fourth-order valence-electron chi connectivity index (χ4n) is 2.89. The van der Waals surface area contributed by atoms with Gasteiger partial charge in [0.1, 0.15) is 5.70 Å². The van der Waals surface area contributed by atoms with Crippen molar-refractivity contribution in [3.8, 4) is 11.3 Å². The first-order valence-electron chi connectivity index (χ1n) is 9.60. The molecule has 152 valence electrons. The summed E-state index contributed by atoms with van der Waals surface area (Å²) in [4.78, 5) is 27.9. The zero-order valence-electron chi connectivity index (χ0n) is 17.0. The number of urea groups is 1. The number of imidazole rings is 1. The zero-order valence-corrected chi connectivity index (χ0v) is 17.0. The highest BCUT2D eigenvalue weighted by molar-refractivity contribution is 5.90. The van der Waals surface area contributed by atoms with Crippen molar-refractivity contribution in [3.63, 3.8) is 0 Å². The van der Waals surface area contributed by atoms with Crippen LogP contribution in [0.1, 0.15) is 25.2 Å². The van der Waals surface area contributed by atoms with Gasteiger partial charge in [0.25, 0.3) is 0 Å². The lowest BCUT2D eigenvalue weighted by Gasteiger charge is -2.08. The fraction of sp³-hybridized carbons (Fsp3) is 0.130. The van der Waals surface area contributed by atoms with Crippen LogP contribution in [0.25, 0.3) is 22.5 Å². The second-order valence-corrected chi connectivity index (χ2v) is 6.39. The minimum absolute atomic E-state index is 0.272. The number of rotatable bonds is 7. The molecule has 2 amide bonds. The molecule has 30 heavy (non-hydrogen) atoms. The van der Waals surface area contributed by atoms with Gasteiger partial charge in [0.2, 0.25) is 0 Å². The molecule has 0 aliphatic heterocycles. The van der Waals surface area contributed by atoms with Crippen molar-refractivity contribution in [2.45, 2.75) is 13.8 Å². The number of nitrogens with one attached hydrogen (secondary N) is 3. The molecule has 3 aromatic rings. The van der Waals surface area contributed by atoms with Gasteiger partial charge in [-0.15, -0.1) is 0 Å². The number of aromatic amines is 1. The number of H-pyrrole nitrogens is 1. The minimum Gasteiger partial charge on any atom is -0.338 e.